The van der Waals surface area contributed by atoms with Crippen molar-refractivity contribution in [3.05, 3.63) is 101 Å². The Morgan fingerprint density at radius 1 is 1.03 bits per heavy atom. The lowest BCUT2D eigenvalue weighted by Crippen LogP contribution is -2.23. The molecule has 34 heavy (non-hydrogen) atoms. The number of ether oxygens (including phenoxy) is 1. The largest absolute Gasteiger partial charge is 0.497 e. The number of nitrogens with zero attached hydrogens (tertiary/aromatic N) is 2. The number of nitrogens with one attached hydrogen (secondary N) is 1. The molecule has 6 heteroatoms. The third-order valence-corrected chi connectivity index (χ3v) is 5.82. The molecule has 0 aliphatic heterocycles. The lowest BCUT2D eigenvalue weighted by Gasteiger charge is -2.09. The molecule has 0 unspecified atom stereocenters. The van der Waals surface area contributed by atoms with Crippen molar-refractivity contribution >= 4 is 5.91 Å². The Kier molecular flexibility index (Phi) is 7.07. The molecule has 0 aliphatic rings. The van der Waals surface area contributed by atoms with Crippen LogP contribution < -0.4 is 10.1 Å². The predicted molar refractivity (Wildman–Crippen MR) is 132 cm³/mol. The highest BCUT2D eigenvalue weighted by Gasteiger charge is 2.16. The van der Waals surface area contributed by atoms with Gasteiger partial charge in [-0.3, -0.25) is 4.79 Å². The first-order chi connectivity index (χ1) is 16.4. The maximum atomic E-state index is 14.6. The lowest BCUT2D eigenvalue weighted by molar-refractivity contribution is -0.121. The van der Waals surface area contributed by atoms with E-state index >= 15 is 0 Å². The molecule has 1 heterocycles. The second-order valence-corrected chi connectivity index (χ2v) is 8.32. The number of amides is 1. The Morgan fingerprint density at radius 3 is 2.53 bits per heavy atom. The van der Waals surface area contributed by atoms with Crippen molar-refractivity contribution in [2.45, 2.75) is 33.2 Å². The fourth-order valence-corrected chi connectivity index (χ4v) is 3.85. The van der Waals surface area contributed by atoms with Gasteiger partial charge in [0.05, 0.1) is 24.2 Å². The first kappa shape index (κ1) is 23.2. The Bertz CT molecular complexity index is 1300. The van der Waals surface area contributed by atoms with Gasteiger partial charge in [0.2, 0.25) is 5.91 Å². The third-order valence-electron chi connectivity index (χ3n) is 5.82. The second kappa shape index (κ2) is 10.3. The first-order valence-electron chi connectivity index (χ1n) is 11.3. The molecule has 0 fully saturated rings. The first-order valence-corrected chi connectivity index (χ1v) is 11.3. The van der Waals surface area contributed by atoms with Gasteiger partial charge in [-0.2, -0.15) is 5.10 Å². The van der Waals surface area contributed by atoms with E-state index in [0.29, 0.717) is 30.6 Å². The van der Waals surface area contributed by atoms with Crippen molar-refractivity contribution in [1.82, 2.24) is 15.1 Å². The number of rotatable bonds is 8. The molecule has 1 N–H and O–H groups in total. The van der Waals surface area contributed by atoms with Crippen LogP contribution in [-0.4, -0.2) is 22.8 Å². The van der Waals surface area contributed by atoms with Crippen LogP contribution in [0.25, 0.3) is 16.9 Å². The number of halogens is 1. The number of hydrogen-bond acceptors (Lipinski definition) is 3. The van der Waals surface area contributed by atoms with E-state index in [1.807, 2.05) is 44.2 Å². The van der Waals surface area contributed by atoms with Gasteiger partial charge < -0.3 is 10.1 Å². The van der Waals surface area contributed by atoms with Gasteiger partial charge in [0.15, 0.2) is 0 Å². The van der Waals surface area contributed by atoms with E-state index in [0.717, 1.165) is 28.3 Å². The number of aryl methyl sites for hydroxylation is 3. The third kappa shape index (κ3) is 5.34. The zero-order valence-corrected chi connectivity index (χ0v) is 19.6. The van der Waals surface area contributed by atoms with Crippen LogP contribution in [-0.2, 0) is 17.8 Å². The minimum Gasteiger partial charge on any atom is -0.497 e. The minimum atomic E-state index is -0.324. The summed E-state index contributed by atoms with van der Waals surface area (Å²) in [5, 5.41) is 7.69. The molecule has 0 spiro atoms. The van der Waals surface area contributed by atoms with Crippen LogP contribution in [0.4, 0.5) is 4.39 Å². The molecule has 174 valence electrons. The highest BCUT2D eigenvalue weighted by molar-refractivity contribution is 5.76. The van der Waals surface area contributed by atoms with Crippen molar-refractivity contribution in [1.29, 1.82) is 0 Å². The fourth-order valence-electron chi connectivity index (χ4n) is 3.85. The van der Waals surface area contributed by atoms with E-state index in [1.165, 1.54) is 11.6 Å². The monoisotopic (exact) mass is 457 g/mol. The molecule has 0 atom stereocenters. The molecule has 1 amide bonds. The summed E-state index contributed by atoms with van der Waals surface area (Å²) in [6.07, 6.45) is 0.741. The van der Waals surface area contributed by atoms with Gasteiger partial charge in [-0.15, -0.1) is 0 Å². The number of aromatic nitrogens is 2. The summed E-state index contributed by atoms with van der Waals surface area (Å²) in [7, 11) is 1.61. The Labute approximate surface area is 199 Å². The Morgan fingerprint density at radius 2 is 1.79 bits per heavy atom. The van der Waals surface area contributed by atoms with Crippen molar-refractivity contribution in [2.24, 2.45) is 0 Å². The number of hydrogen-bond donors (Lipinski definition) is 1. The van der Waals surface area contributed by atoms with Crippen LogP contribution in [0.2, 0.25) is 0 Å². The highest BCUT2D eigenvalue weighted by Crippen LogP contribution is 2.27. The molecular formula is C28H28FN3O2. The fraction of sp³-hybridized carbons (Fsp3) is 0.214. The summed E-state index contributed by atoms with van der Waals surface area (Å²) in [5.41, 5.74) is 6.02. The maximum Gasteiger partial charge on any atom is 0.220 e. The van der Waals surface area contributed by atoms with E-state index in [1.54, 1.807) is 30.0 Å². The van der Waals surface area contributed by atoms with E-state index in [9.17, 15) is 9.18 Å². The van der Waals surface area contributed by atoms with Crippen LogP contribution >= 0.6 is 0 Å². The standard InChI is InChI=1S/C28H28FN3O2/c1-19-8-9-20(2)21(16-19)18-30-28(33)15-10-22-17-27(25-6-4-5-7-26(25)29)32(31-22)23-11-13-24(34-3)14-12-23/h4-9,11-14,16-17H,10,15,18H2,1-3H3,(H,30,33). The molecule has 0 saturated carbocycles. The number of benzene rings is 3. The summed E-state index contributed by atoms with van der Waals surface area (Å²) in [6, 6.07) is 22.1. The van der Waals surface area contributed by atoms with E-state index in [-0.39, 0.29) is 11.7 Å². The van der Waals surface area contributed by atoms with Crippen molar-refractivity contribution in [2.75, 3.05) is 7.11 Å². The van der Waals surface area contributed by atoms with E-state index in [2.05, 4.69) is 23.5 Å². The van der Waals surface area contributed by atoms with Gasteiger partial charge in [-0.1, -0.05) is 35.9 Å². The normalized spacial score (nSPS) is 10.8. The zero-order valence-electron chi connectivity index (χ0n) is 19.6. The average molecular weight is 458 g/mol. The maximum absolute atomic E-state index is 14.6. The number of carbonyl (C=O) groups is 1. The average Bonchev–Trinajstić information content (AvgIpc) is 3.27. The quantitative estimate of drug-likeness (QED) is 0.377. The summed E-state index contributed by atoms with van der Waals surface area (Å²) in [4.78, 5) is 12.5. The van der Waals surface area contributed by atoms with Crippen LogP contribution in [0.15, 0.2) is 72.8 Å². The molecule has 4 aromatic rings. The smallest absolute Gasteiger partial charge is 0.220 e. The minimum absolute atomic E-state index is 0.0488. The summed E-state index contributed by atoms with van der Waals surface area (Å²) >= 11 is 0. The van der Waals surface area contributed by atoms with Gasteiger partial charge in [-0.05, 0) is 67.4 Å². The molecule has 0 radical (unpaired) electrons. The molecule has 3 aromatic carbocycles. The van der Waals surface area contributed by atoms with Gasteiger partial charge in [0, 0.05) is 24.9 Å². The molecule has 0 saturated heterocycles. The second-order valence-electron chi connectivity index (χ2n) is 8.32. The molecular weight excluding hydrogens is 429 g/mol. The zero-order chi connectivity index (χ0) is 24.1. The van der Waals surface area contributed by atoms with E-state index < -0.39 is 0 Å². The summed E-state index contributed by atoms with van der Waals surface area (Å²) in [6.45, 7) is 4.57. The molecule has 4 rings (SSSR count). The Balaban J connectivity index is 1.52. The lowest BCUT2D eigenvalue weighted by atomic mass is 10.1. The van der Waals surface area contributed by atoms with Crippen LogP contribution in [0, 0.1) is 19.7 Å². The molecule has 1 aromatic heterocycles. The summed E-state index contributed by atoms with van der Waals surface area (Å²) in [5.74, 6) is 0.353. The van der Waals surface area contributed by atoms with Gasteiger partial charge >= 0.3 is 0 Å². The van der Waals surface area contributed by atoms with Gasteiger partial charge in [-0.25, -0.2) is 9.07 Å². The number of carbonyl (C=O) groups excluding carboxylic acids is 1. The number of methoxy groups -OCH3 is 1. The Hall–Kier alpha value is -3.93. The van der Waals surface area contributed by atoms with Crippen LogP contribution in [0.1, 0.15) is 28.8 Å². The SMILES string of the molecule is COc1ccc(-n2nc(CCC(=O)NCc3cc(C)ccc3C)cc2-c2ccccc2F)cc1. The van der Waals surface area contributed by atoms with Crippen LogP contribution in [0.5, 0.6) is 5.75 Å². The van der Waals surface area contributed by atoms with Crippen molar-refractivity contribution in [3.8, 4) is 22.7 Å². The molecule has 5 nitrogen and oxygen atoms in total. The highest BCUT2D eigenvalue weighted by atomic mass is 19.1. The molecule has 0 bridgehead atoms. The van der Waals surface area contributed by atoms with Crippen molar-refractivity contribution in [3.63, 3.8) is 0 Å². The van der Waals surface area contributed by atoms with Gasteiger partial charge in [0.1, 0.15) is 11.6 Å². The molecule has 0 aliphatic carbocycles. The van der Waals surface area contributed by atoms with Gasteiger partial charge in [0.25, 0.3) is 0 Å². The topological polar surface area (TPSA) is 56.2 Å². The van der Waals surface area contributed by atoms with E-state index in [4.69, 9.17) is 9.84 Å². The van der Waals surface area contributed by atoms with Crippen molar-refractivity contribution < 1.29 is 13.9 Å². The van der Waals surface area contributed by atoms with Crippen LogP contribution in [0.3, 0.4) is 0 Å². The summed E-state index contributed by atoms with van der Waals surface area (Å²) < 4.78 is 21.6. The predicted octanol–water partition coefficient (Wildman–Crippen LogP) is 5.55.